The number of ether oxygens (including phenoxy) is 1. The summed E-state index contributed by atoms with van der Waals surface area (Å²) in [4.78, 5) is 4.19. The monoisotopic (exact) mass is 229 g/mol. The van der Waals surface area contributed by atoms with E-state index < -0.39 is 6.10 Å². The number of hydrogen-bond donors (Lipinski definition) is 1. The molecule has 0 aliphatic carbocycles. The molecule has 0 radical (unpaired) electrons. The highest BCUT2D eigenvalue weighted by atomic mass is 16.5. The lowest BCUT2D eigenvalue weighted by Crippen LogP contribution is -2.04. The molecule has 0 amide bonds. The molecule has 0 bridgehead atoms. The third-order valence-corrected chi connectivity index (χ3v) is 2.65. The van der Waals surface area contributed by atoms with E-state index in [0.717, 1.165) is 11.1 Å². The molecule has 1 heterocycles. The second-order valence-corrected chi connectivity index (χ2v) is 3.90. The fourth-order valence-corrected chi connectivity index (χ4v) is 1.76. The lowest BCUT2D eigenvalue weighted by atomic mass is 10.0. The van der Waals surface area contributed by atoms with Gasteiger partial charge in [-0.1, -0.05) is 18.2 Å². The van der Waals surface area contributed by atoms with E-state index in [1.165, 1.54) is 0 Å². The van der Waals surface area contributed by atoms with Gasteiger partial charge in [0.25, 0.3) is 0 Å². The topological polar surface area (TPSA) is 42.4 Å². The summed E-state index contributed by atoms with van der Waals surface area (Å²) in [7, 11) is 1.59. The number of nitrogens with zero attached hydrogens (tertiary/aromatic N) is 1. The van der Waals surface area contributed by atoms with E-state index in [1.807, 2.05) is 43.3 Å². The minimum Gasteiger partial charge on any atom is -0.496 e. The van der Waals surface area contributed by atoms with Gasteiger partial charge in [-0.15, -0.1) is 0 Å². The summed E-state index contributed by atoms with van der Waals surface area (Å²) >= 11 is 0. The van der Waals surface area contributed by atoms with E-state index in [1.54, 1.807) is 13.3 Å². The molecule has 3 nitrogen and oxygen atoms in total. The zero-order valence-corrected chi connectivity index (χ0v) is 9.92. The SMILES string of the molecule is COc1ccccc1C(O)c1cc(C)ccn1. The Morgan fingerprint density at radius 3 is 2.71 bits per heavy atom. The summed E-state index contributed by atoms with van der Waals surface area (Å²) in [5.74, 6) is 0.670. The molecule has 3 heteroatoms. The van der Waals surface area contributed by atoms with Crippen LogP contribution in [0.4, 0.5) is 0 Å². The molecule has 1 atom stereocenters. The molecule has 2 aromatic rings. The number of methoxy groups -OCH3 is 1. The van der Waals surface area contributed by atoms with Crippen molar-refractivity contribution >= 4 is 0 Å². The second kappa shape index (κ2) is 4.97. The predicted octanol–water partition coefficient (Wildman–Crippen LogP) is 2.48. The predicted molar refractivity (Wildman–Crippen MR) is 66.0 cm³/mol. The summed E-state index contributed by atoms with van der Waals surface area (Å²) in [6.45, 7) is 1.97. The molecular formula is C14H15NO2. The quantitative estimate of drug-likeness (QED) is 0.879. The number of pyridine rings is 1. The number of rotatable bonds is 3. The normalized spacial score (nSPS) is 12.2. The largest absolute Gasteiger partial charge is 0.496 e. The highest BCUT2D eigenvalue weighted by Gasteiger charge is 2.15. The van der Waals surface area contributed by atoms with Crippen molar-refractivity contribution < 1.29 is 9.84 Å². The summed E-state index contributed by atoms with van der Waals surface area (Å²) in [6, 6.07) is 11.2. The van der Waals surface area contributed by atoms with Gasteiger partial charge in [-0.3, -0.25) is 4.98 Å². The molecule has 1 aromatic carbocycles. The van der Waals surface area contributed by atoms with Crippen LogP contribution in [0.5, 0.6) is 5.75 Å². The Bertz CT molecular complexity index is 511. The molecule has 0 spiro atoms. The van der Waals surface area contributed by atoms with Gasteiger partial charge in [-0.2, -0.15) is 0 Å². The Hall–Kier alpha value is -1.87. The lowest BCUT2D eigenvalue weighted by Gasteiger charge is -2.14. The molecular weight excluding hydrogens is 214 g/mol. The first-order chi connectivity index (χ1) is 8.22. The molecule has 0 saturated carbocycles. The van der Waals surface area contributed by atoms with Crippen molar-refractivity contribution in [3.05, 3.63) is 59.4 Å². The van der Waals surface area contributed by atoms with Crippen LogP contribution >= 0.6 is 0 Å². The van der Waals surface area contributed by atoms with Crippen molar-refractivity contribution in [3.63, 3.8) is 0 Å². The van der Waals surface area contributed by atoms with Crippen LogP contribution < -0.4 is 4.74 Å². The van der Waals surface area contributed by atoms with Crippen molar-refractivity contribution in [1.82, 2.24) is 4.98 Å². The Kier molecular flexibility index (Phi) is 3.40. The van der Waals surface area contributed by atoms with E-state index in [0.29, 0.717) is 11.4 Å². The molecule has 1 N–H and O–H groups in total. The fraction of sp³-hybridized carbons (Fsp3) is 0.214. The fourth-order valence-electron chi connectivity index (χ4n) is 1.76. The smallest absolute Gasteiger partial charge is 0.125 e. The first kappa shape index (κ1) is 11.6. The summed E-state index contributed by atoms with van der Waals surface area (Å²) < 4.78 is 5.23. The Balaban J connectivity index is 2.40. The average Bonchev–Trinajstić information content (AvgIpc) is 2.38. The highest BCUT2D eigenvalue weighted by Crippen LogP contribution is 2.28. The van der Waals surface area contributed by atoms with Crippen LogP contribution in [-0.4, -0.2) is 17.2 Å². The molecule has 88 valence electrons. The van der Waals surface area contributed by atoms with Crippen molar-refractivity contribution in [2.45, 2.75) is 13.0 Å². The van der Waals surface area contributed by atoms with E-state index in [9.17, 15) is 5.11 Å². The van der Waals surface area contributed by atoms with Gasteiger partial charge in [0.2, 0.25) is 0 Å². The summed E-state index contributed by atoms with van der Waals surface area (Å²) in [5, 5.41) is 10.3. The van der Waals surface area contributed by atoms with Gasteiger partial charge in [0.15, 0.2) is 0 Å². The Labute approximate surface area is 101 Å². The number of aryl methyl sites for hydroxylation is 1. The summed E-state index contributed by atoms with van der Waals surface area (Å²) in [5.41, 5.74) is 2.44. The van der Waals surface area contributed by atoms with Gasteiger partial charge in [-0.25, -0.2) is 0 Å². The Morgan fingerprint density at radius 2 is 2.00 bits per heavy atom. The third kappa shape index (κ3) is 2.45. The lowest BCUT2D eigenvalue weighted by molar-refractivity contribution is 0.210. The van der Waals surface area contributed by atoms with Gasteiger partial charge < -0.3 is 9.84 Å². The van der Waals surface area contributed by atoms with Crippen LogP contribution in [-0.2, 0) is 0 Å². The van der Waals surface area contributed by atoms with Gasteiger partial charge in [0, 0.05) is 11.8 Å². The molecule has 17 heavy (non-hydrogen) atoms. The van der Waals surface area contributed by atoms with Crippen LogP contribution in [0.15, 0.2) is 42.6 Å². The number of benzene rings is 1. The standard InChI is InChI=1S/C14H15NO2/c1-10-7-8-15-12(9-10)14(16)11-5-3-4-6-13(11)17-2/h3-9,14,16H,1-2H3. The molecule has 0 fully saturated rings. The molecule has 1 aromatic heterocycles. The van der Waals surface area contributed by atoms with Crippen LogP contribution in [0.1, 0.15) is 22.9 Å². The summed E-state index contributed by atoms with van der Waals surface area (Å²) in [6.07, 6.45) is 0.939. The van der Waals surface area contributed by atoms with Crippen LogP contribution in [0.25, 0.3) is 0 Å². The van der Waals surface area contributed by atoms with Crippen molar-refractivity contribution in [2.75, 3.05) is 7.11 Å². The van der Waals surface area contributed by atoms with E-state index in [-0.39, 0.29) is 0 Å². The van der Waals surface area contributed by atoms with Gasteiger partial charge in [0.1, 0.15) is 11.9 Å². The number of para-hydroxylation sites is 1. The van der Waals surface area contributed by atoms with Crippen LogP contribution in [0.3, 0.4) is 0 Å². The van der Waals surface area contributed by atoms with Crippen LogP contribution in [0, 0.1) is 6.92 Å². The molecule has 2 rings (SSSR count). The maximum Gasteiger partial charge on any atom is 0.125 e. The molecule has 0 aliphatic heterocycles. The third-order valence-electron chi connectivity index (χ3n) is 2.65. The molecule has 1 unspecified atom stereocenters. The number of aliphatic hydroxyl groups is 1. The Morgan fingerprint density at radius 1 is 1.24 bits per heavy atom. The van der Waals surface area contributed by atoms with E-state index >= 15 is 0 Å². The average molecular weight is 229 g/mol. The first-order valence-corrected chi connectivity index (χ1v) is 5.46. The molecule has 0 saturated heterocycles. The second-order valence-electron chi connectivity index (χ2n) is 3.90. The van der Waals surface area contributed by atoms with Gasteiger partial charge in [-0.05, 0) is 30.7 Å². The minimum absolute atomic E-state index is 0.634. The van der Waals surface area contributed by atoms with Crippen LogP contribution in [0.2, 0.25) is 0 Å². The minimum atomic E-state index is -0.758. The van der Waals surface area contributed by atoms with Crippen molar-refractivity contribution in [3.8, 4) is 5.75 Å². The van der Waals surface area contributed by atoms with Gasteiger partial charge >= 0.3 is 0 Å². The number of hydrogen-bond acceptors (Lipinski definition) is 3. The molecule has 0 aliphatic rings. The maximum absolute atomic E-state index is 10.3. The first-order valence-electron chi connectivity index (χ1n) is 5.46. The van der Waals surface area contributed by atoms with Gasteiger partial charge in [0.05, 0.1) is 12.8 Å². The van der Waals surface area contributed by atoms with Crippen molar-refractivity contribution in [2.24, 2.45) is 0 Å². The van der Waals surface area contributed by atoms with E-state index in [2.05, 4.69) is 4.98 Å². The van der Waals surface area contributed by atoms with E-state index in [4.69, 9.17) is 4.74 Å². The maximum atomic E-state index is 10.3. The zero-order chi connectivity index (χ0) is 12.3. The number of aromatic nitrogens is 1. The number of aliphatic hydroxyl groups excluding tert-OH is 1. The highest BCUT2D eigenvalue weighted by molar-refractivity contribution is 5.39. The van der Waals surface area contributed by atoms with Crippen molar-refractivity contribution in [1.29, 1.82) is 0 Å². The zero-order valence-electron chi connectivity index (χ0n) is 9.92.